The maximum absolute atomic E-state index is 13.1. The van der Waals surface area contributed by atoms with Gasteiger partial charge in [-0.15, -0.1) is 0 Å². The Kier molecular flexibility index (Phi) is 22.2. The van der Waals surface area contributed by atoms with E-state index in [-0.39, 0.29) is 24.7 Å². The maximum Gasteiger partial charge on any atom is 0.472 e. The fraction of sp³-hybridized carbons (Fsp3) is 0.675. The van der Waals surface area contributed by atoms with E-state index in [1.54, 1.807) is 18.3 Å². The van der Waals surface area contributed by atoms with Crippen molar-refractivity contribution in [2.45, 2.75) is 140 Å². The number of nitriles is 2. The fourth-order valence-corrected chi connectivity index (χ4v) is 7.15. The van der Waals surface area contributed by atoms with E-state index in [0.717, 1.165) is 32.7 Å². The van der Waals surface area contributed by atoms with Crippen molar-refractivity contribution >= 4 is 19.2 Å². The Balaban J connectivity index is 1.44. The molecule has 17 heteroatoms. The molecule has 0 spiro atoms. The highest BCUT2D eigenvalue weighted by Gasteiger charge is 2.46. The van der Waals surface area contributed by atoms with Gasteiger partial charge in [0.25, 0.3) is 0 Å². The van der Waals surface area contributed by atoms with Crippen molar-refractivity contribution in [1.82, 2.24) is 19.6 Å². The van der Waals surface area contributed by atoms with Crippen molar-refractivity contribution in [3.8, 4) is 12.1 Å². The first-order valence-corrected chi connectivity index (χ1v) is 21.6. The summed E-state index contributed by atoms with van der Waals surface area (Å²) >= 11 is 0. The minimum absolute atomic E-state index is 0.0197. The number of nitrogens with two attached hydrogens (primary N) is 1. The average Bonchev–Trinajstić information content (AvgIpc) is 3.67. The summed E-state index contributed by atoms with van der Waals surface area (Å²) in [5.41, 5.74) is 4.92. The number of unbranched alkanes of at least 4 members (excludes halogenated alkanes) is 15. The van der Waals surface area contributed by atoms with E-state index in [2.05, 4.69) is 22.0 Å². The third-order valence-corrected chi connectivity index (χ3v) is 10.8. The van der Waals surface area contributed by atoms with Gasteiger partial charge in [0.1, 0.15) is 48.9 Å². The van der Waals surface area contributed by atoms with Crippen LogP contribution in [-0.4, -0.2) is 86.0 Å². The van der Waals surface area contributed by atoms with E-state index in [0.29, 0.717) is 23.3 Å². The number of nitrogens with zero attached hydrogens (tertiary/aromatic N) is 6. The Morgan fingerprint density at radius 1 is 0.912 bits per heavy atom. The number of nitrogen functional groups attached to an aromatic ring is 1. The second-order valence-electron chi connectivity index (χ2n) is 14.3. The molecule has 0 amide bonds. The van der Waals surface area contributed by atoms with Crippen LogP contribution in [-0.2, 0) is 34.4 Å². The van der Waals surface area contributed by atoms with E-state index in [4.69, 9.17) is 29.0 Å². The van der Waals surface area contributed by atoms with Gasteiger partial charge in [-0.05, 0) is 30.2 Å². The van der Waals surface area contributed by atoms with Crippen molar-refractivity contribution in [2.75, 3.05) is 39.3 Å². The summed E-state index contributed by atoms with van der Waals surface area (Å²) in [6.07, 6.45) is 19.8. The van der Waals surface area contributed by atoms with E-state index in [9.17, 15) is 30.2 Å². The summed E-state index contributed by atoms with van der Waals surface area (Å²) in [6.45, 7) is 1.38. The molecular weight excluding hydrogens is 753 g/mol. The summed E-state index contributed by atoms with van der Waals surface area (Å²) < 4.78 is 41.7. The molecule has 0 fully saturated rings. The zero-order valence-electron chi connectivity index (χ0n) is 33.5. The lowest BCUT2D eigenvalue weighted by atomic mass is 9.93. The number of aromatic nitrogens is 4. The molecule has 5 atom stereocenters. The third-order valence-electron chi connectivity index (χ3n) is 9.87. The van der Waals surface area contributed by atoms with Crippen LogP contribution in [0.25, 0.3) is 5.52 Å². The molecule has 3 aromatic heterocycles. The van der Waals surface area contributed by atoms with Crippen LogP contribution in [0.3, 0.4) is 0 Å². The Bertz CT molecular complexity index is 1720. The molecule has 1 unspecified atom stereocenters. The van der Waals surface area contributed by atoms with Gasteiger partial charge in [0.05, 0.1) is 31.1 Å². The van der Waals surface area contributed by atoms with Crippen molar-refractivity contribution in [3.63, 3.8) is 0 Å². The number of phosphoric ester groups is 1. The number of ether oxygens (including phenoxy) is 3. The van der Waals surface area contributed by atoms with Crippen molar-refractivity contribution in [3.05, 3.63) is 53.7 Å². The highest BCUT2D eigenvalue weighted by molar-refractivity contribution is 7.47. The van der Waals surface area contributed by atoms with Gasteiger partial charge >= 0.3 is 7.82 Å². The molecule has 0 bridgehead atoms. The first-order valence-electron chi connectivity index (χ1n) is 20.2. The van der Waals surface area contributed by atoms with Gasteiger partial charge in [0.15, 0.2) is 5.82 Å². The second-order valence-corrected chi connectivity index (χ2v) is 15.8. The number of hydrogen-bond acceptors (Lipinski definition) is 14. The maximum atomic E-state index is 13.1. The molecule has 0 aliphatic rings. The van der Waals surface area contributed by atoms with Crippen LogP contribution in [0.2, 0.25) is 0 Å². The Hall–Kier alpha value is -3.54. The Morgan fingerprint density at radius 2 is 1.54 bits per heavy atom. The largest absolute Gasteiger partial charge is 0.472 e. The number of fused-ring (bicyclic) bond motifs is 1. The Morgan fingerprint density at radius 3 is 2.14 bits per heavy atom. The molecule has 57 heavy (non-hydrogen) atoms. The minimum atomic E-state index is -4.89. The van der Waals surface area contributed by atoms with Crippen LogP contribution in [0, 0.1) is 22.7 Å². The molecule has 0 radical (unpaired) electrons. The summed E-state index contributed by atoms with van der Waals surface area (Å²) in [4.78, 5) is 18.5. The molecule has 316 valence electrons. The van der Waals surface area contributed by atoms with Gasteiger partial charge in [0.2, 0.25) is 5.60 Å². The van der Waals surface area contributed by atoms with Gasteiger partial charge in [-0.3, -0.25) is 14.0 Å². The van der Waals surface area contributed by atoms with Gasteiger partial charge < -0.3 is 35.1 Å². The predicted molar refractivity (Wildman–Crippen MR) is 213 cm³/mol. The molecule has 5 N–H and O–H groups in total. The van der Waals surface area contributed by atoms with Crippen LogP contribution in [0.5, 0.6) is 0 Å². The lowest BCUT2D eigenvalue weighted by Gasteiger charge is -2.33. The quantitative estimate of drug-likeness (QED) is 0.0371. The number of rotatable bonds is 32. The molecule has 0 aliphatic carbocycles. The summed E-state index contributed by atoms with van der Waals surface area (Å²) in [5, 5.41) is 45.4. The highest BCUT2D eigenvalue weighted by atomic mass is 31.2. The molecule has 0 saturated carbocycles. The molecule has 3 aromatic rings. The van der Waals surface area contributed by atoms with Crippen molar-refractivity contribution < 1.29 is 42.9 Å². The second kappa shape index (κ2) is 26.5. The number of hydrogen-bond donors (Lipinski definition) is 4. The van der Waals surface area contributed by atoms with E-state index in [1.165, 1.54) is 106 Å². The zero-order valence-corrected chi connectivity index (χ0v) is 34.4. The number of anilines is 1. The van der Waals surface area contributed by atoms with Crippen LogP contribution in [0.1, 0.15) is 133 Å². The van der Waals surface area contributed by atoms with Gasteiger partial charge in [-0.2, -0.15) is 15.6 Å². The first-order chi connectivity index (χ1) is 27.6. The molecule has 0 aromatic carbocycles. The van der Waals surface area contributed by atoms with E-state index in [1.807, 2.05) is 6.07 Å². The number of aliphatic hydroxyl groups excluding tert-OH is 2. The topological polar surface area (TPSA) is 241 Å². The lowest BCUT2D eigenvalue weighted by molar-refractivity contribution is -0.134. The van der Waals surface area contributed by atoms with Crippen LogP contribution < -0.4 is 5.73 Å². The average molecular weight is 816 g/mol. The Labute approximate surface area is 336 Å². The fourth-order valence-electron chi connectivity index (χ4n) is 6.37. The number of aliphatic hydroxyl groups is 2. The van der Waals surface area contributed by atoms with Gasteiger partial charge in [-0.25, -0.2) is 14.1 Å². The van der Waals surface area contributed by atoms with Gasteiger partial charge in [0, 0.05) is 26.1 Å². The zero-order chi connectivity index (χ0) is 41.4. The number of pyridine rings is 1. The van der Waals surface area contributed by atoms with E-state index < -0.39 is 44.9 Å². The highest BCUT2D eigenvalue weighted by Crippen LogP contribution is 2.45. The lowest BCUT2D eigenvalue weighted by Crippen LogP contribution is -2.50. The molecule has 16 nitrogen and oxygen atoms in total. The predicted octanol–water partition coefficient (Wildman–Crippen LogP) is 6.88. The minimum Gasteiger partial charge on any atom is -0.386 e. The van der Waals surface area contributed by atoms with Crippen LogP contribution >= 0.6 is 7.82 Å². The summed E-state index contributed by atoms with van der Waals surface area (Å²) in [6, 6.07) is 8.34. The van der Waals surface area contributed by atoms with E-state index >= 15 is 0 Å². The smallest absolute Gasteiger partial charge is 0.386 e. The normalized spacial score (nSPS) is 15.4. The summed E-state index contributed by atoms with van der Waals surface area (Å²) in [7, 11) is -3.81. The molecule has 3 rings (SSSR count). The van der Waals surface area contributed by atoms with Crippen LogP contribution in [0.4, 0.5) is 5.82 Å². The third kappa shape index (κ3) is 16.7. The number of phosphoric acid groups is 1. The SMILES string of the molecule is CCCCCCCCCCCCCCCCCCOC[C@H](COP(=O)(O)OC[C@@](C#N)(OC)[C@@H](O)[C@@H](O)c1ccc2c(N)ncnn12)OCc1cncc(C#N)c1. The van der Waals surface area contributed by atoms with Crippen molar-refractivity contribution in [1.29, 1.82) is 10.5 Å². The molecule has 0 saturated heterocycles. The van der Waals surface area contributed by atoms with Gasteiger partial charge in [-0.1, -0.05) is 103 Å². The molecule has 3 heterocycles. The standard InChI is InChI=1S/C40H62N7O9P/c1-3-4-5-6-7-8-9-10-11-12-13-14-15-16-17-18-21-53-27-34(54-26-33-22-32(23-41)24-44-25-33)28-55-57(50,51)56-30-40(29-42,52-2)38(49)37(48)35-19-20-36-39(43)45-31-46-47(35)36/h19-20,22,24-25,31,34,37-38,48-49H,3-18,21,26-28,30H2,1-2H3,(H,50,51)(H2,43,45,46)/t34-,37+,38+,40-/m1/s1. The summed E-state index contributed by atoms with van der Waals surface area (Å²) in [5.74, 6) is 0.123. The molecular formula is C40H62N7O9P. The number of methoxy groups -OCH3 is 1. The molecule has 0 aliphatic heterocycles. The van der Waals surface area contributed by atoms with Crippen LogP contribution in [0.15, 0.2) is 36.9 Å². The van der Waals surface area contributed by atoms with Crippen molar-refractivity contribution in [2.24, 2.45) is 0 Å². The first kappa shape index (κ1) is 47.8. The monoisotopic (exact) mass is 815 g/mol.